The molecular formula is C29H58N2. The van der Waals surface area contributed by atoms with Crippen LogP contribution in [0.1, 0.15) is 163 Å². The fourth-order valence-corrected chi connectivity index (χ4v) is 7.76. The molecule has 0 aromatic rings. The minimum absolute atomic E-state index is 0.0641. The molecule has 2 nitrogen and oxygen atoms in total. The molecule has 2 rings (SSSR count). The molecule has 0 aromatic carbocycles. The summed E-state index contributed by atoms with van der Waals surface area (Å²) >= 11 is 0. The first-order valence-corrected chi connectivity index (χ1v) is 14.4. The lowest BCUT2D eigenvalue weighted by atomic mass is 9.48. The third-order valence-electron chi connectivity index (χ3n) is 9.84. The van der Waals surface area contributed by atoms with E-state index in [0.717, 1.165) is 6.42 Å². The summed E-state index contributed by atoms with van der Waals surface area (Å²) in [6.45, 7) is 9.39. The molecule has 0 saturated heterocycles. The monoisotopic (exact) mass is 434 g/mol. The molecule has 0 amide bonds. The molecule has 0 bridgehead atoms. The summed E-state index contributed by atoms with van der Waals surface area (Å²) in [5, 5.41) is 0. The van der Waals surface area contributed by atoms with Crippen molar-refractivity contribution in [3.05, 3.63) is 0 Å². The van der Waals surface area contributed by atoms with Gasteiger partial charge in [0.25, 0.3) is 0 Å². The number of hydrogen-bond donors (Lipinski definition) is 2. The summed E-state index contributed by atoms with van der Waals surface area (Å²) in [5.74, 6) is 0. The predicted octanol–water partition coefficient (Wildman–Crippen LogP) is 8.65. The van der Waals surface area contributed by atoms with E-state index >= 15 is 0 Å². The smallest absolute Gasteiger partial charge is 0.0229 e. The van der Waals surface area contributed by atoms with E-state index in [1.807, 2.05) is 0 Å². The highest BCUT2D eigenvalue weighted by molar-refractivity contribution is 5.14. The van der Waals surface area contributed by atoms with Crippen LogP contribution in [-0.2, 0) is 0 Å². The van der Waals surface area contributed by atoms with Crippen molar-refractivity contribution in [2.75, 3.05) is 0 Å². The van der Waals surface area contributed by atoms with E-state index in [1.54, 1.807) is 0 Å². The van der Waals surface area contributed by atoms with Gasteiger partial charge in [0.2, 0.25) is 0 Å². The molecule has 0 radical (unpaired) electrons. The molecule has 4 N–H and O–H groups in total. The van der Waals surface area contributed by atoms with Crippen molar-refractivity contribution in [2.45, 2.75) is 174 Å². The molecule has 2 saturated carbocycles. The van der Waals surface area contributed by atoms with Crippen LogP contribution in [0.2, 0.25) is 0 Å². The SMILES string of the molecule is CCCCC1(CCCC)CCCCC1(N)CC1(N)CCCCC1(CCCC)CCCC. The predicted molar refractivity (Wildman–Crippen MR) is 138 cm³/mol. The molecule has 31 heavy (non-hydrogen) atoms. The first kappa shape index (κ1) is 27.2. The van der Waals surface area contributed by atoms with E-state index in [-0.39, 0.29) is 11.1 Å². The van der Waals surface area contributed by atoms with Crippen LogP contribution in [0.3, 0.4) is 0 Å². The number of nitrogens with two attached hydrogens (primary N) is 2. The topological polar surface area (TPSA) is 52.0 Å². The van der Waals surface area contributed by atoms with E-state index in [1.165, 1.54) is 128 Å². The zero-order chi connectivity index (χ0) is 22.8. The van der Waals surface area contributed by atoms with E-state index in [9.17, 15) is 0 Å². The van der Waals surface area contributed by atoms with Crippen LogP contribution in [0.5, 0.6) is 0 Å². The average molecular weight is 435 g/mol. The van der Waals surface area contributed by atoms with Crippen molar-refractivity contribution in [1.82, 2.24) is 0 Å². The Morgan fingerprint density at radius 1 is 0.484 bits per heavy atom. The molecule has 2 fully saturated rings. The Morgan fingerprint density at radius 2 is 0.774 bits per heavy atom. The van der Waals surface area contributed by atoms with E-state index in [0.29, 0.717) is 10.8 Å². The van der Waals surface area contributed by atoms with Crippen LogP contribution >= 0.6 is 0 Å². The van der Waals surface area contributed by atoms with Gasteiger partial charge < -0.3 is 11.5 Å². The van der Waals surface area contributed by atoms with Gasteiger partial charge in [0.1, 0.15) is 0 Å². The normalized spacial score (nSPS) is 30.4. The van der Waals surface area contributed by atoms with Crippen LogP contribution in [0, 0.1) is 10.8 Å². The Labute approximate surface area is 196 Å². The van der Waals surface area contributed by atoms with Crippen molar-refractivity contribution >= 4 is 0 Å². The molecule has 0 aliphatic heterocycles. The van der Waals surface area contributed by atoms with Crippen LogP contribution in [-0.4, -0.2) is 11.1 Å². The van der Waals surface area contributed by atoms with Gasteiger partial charge in [-0.3, -0.25) is 0 Å². The molecule has 2 aliphatic carbocycles. The lowest BCUT2D eigenvalue weighted by Gasteiger charge is -2.60. The Hall–Kier alpha value is -0.0800. The molecule has 0 aromatic heterocycles. The standard InChI is InChI=1S/C29H58N2/c1-5-9-17-26(18-10-6-2)21-13-15-23-28(26,30)25-29(31)24-16-14-22-27(29,19-11-7-3)20-12-8-4/h5-25,30-31H2,1-4H3. The number of hydrogen-bond acceptors (Lipinski definition) is 2. The van der Waals surface area contributed by atoms with Crippen molar-refractivity contribution in [3.63, 3.8) is 0 Å². The Kier molecular flexibility index (Phi) is 10.9. The molecule has 184 valence electrons. The van der Waals surface area contributed by atoms with Gasteiger partial charge in [-0.05, 0) is 68.6 Å². The minimum atomic E-state index is -0.0641. The van der Waals surface area contributed by atoms with E-state index < -0.39 is 0 Å². The summed E-state index contributed by atoms with van der Waals surface area (Å²) in [6.07, 6.45) is 27.3. The van der Waals surface area contributed by atoms with E-state index in [2.05, 4.69) is 27.7 Å². The summed E-state index contributed by atoms with van der Waals surface area (Å²) in [5.41, 5.74) is 15.8. The second-order valence-electron chi connectivity index (χ2n) is 11.9. The molecule has 2 atom stereocenters. The van der Waals surface area contributed by atoms with Crippen molar-refractivity contribution in [1.29, 1.82) is 0 Å². The maximum Gasteiger partial charge on any atom is 0.0229 e. The first-order chi connectivity index (χ1) is 14.9. The summed E-state index contributed by atoms with van der Waals surface area (Å²) < 4.78 is 0. The molecule has 2 unspecified atom stereocenters. The quantitative estimate of drug-likeness (QED) is 0.287. The summed E-state index contributed by atoms with van der Waals surface area (Å²) in [7, 11) is 0. The Morgan fingerprint density at radius 3 is 1.06 bits per heavy atom. The molecule has 0 spiro atoms. The van der Waals surface area contributed by atoms with Gasteiger partial charge in [-0.1, -0.05) is 105 Å². The third kappa shape index (κ3) is 6.08. The second kappa shape index (κ2) is 12.4. The number of rotatable bonds is 14. The van der Waals surface area contributed by atoms with Gasteiger partial charge in [-0.15, -0.1) is 0 Å². The number of unbranched alkanes of at least 4 members (excludes halogenated alkanes) is 4. The molecule has 2 heteroatoms. The van der Waals surface area contributed by atoms with Gasteiger partial charge in [0.15, 0.2) is 0 Å². The summed E-state index contributed by atoms with van der Waals surface area (Å²) in [4.78, 5) is 0. The van der Waals surface area contributed by atoms with Crippen molar-refractivity contribution < 1.29 is 0 Å². The van der Waals surface area contributed by atoms with E-state index in [4.69, 9.17) is 11.5 Å². The fraction of sp³-hybridized carbons (Fsp3) is 1.00. The van der Waals surface area contributed by atoms with Gasteiger partial charge in [0.05, 0.1) is 0 Å². The minimum Gasteiger partial charge on any atom is -0.325 e. The molecule has 0 heterocycles. The fourth-order valence-electron chi connectivity index (χ4n) is 7.76. The highest BCUT2D eigenvalue weighted by Gasteiger charge is 2.57. The molecule has 2 aliphatic rings. The van der Waals surface area contributed by atoms with Gasteiger partial charge in [-0.25, -0.2) is 0 Å². The van der Waals surface area contributed by atoms with Crippen molar-refractivity contribution in [3.8, 4) is 0 Å². The maximum absolute atomic E-state index is 7.63. The highest BCUT2D eigenvalue weighted by atomic mass is 14.9. The maximum atomic E-state index is 7.63. The van der Waals surface area contributed by atoms with Crippen LogP contribution in [0.25, 0.3) is 0 Å². The van der Waals surface area contributed by atoms with Crippen LogP contribution in [0.4, 0.5) is 0 Å². The lowest BCUT2D eigenvalue weighted by molar-refractivity contribution is -0.0392. The Balaban J connectivity index is 2.40. The van der Waals surface area contributed by atoms with Crippen LogP contribution < -0.4 is 11.5 Å². The lowest BCUT2D eigenvalue weighted by Crippen LogP contribution is -2.67. The zero-order valence-corrected chi connectivity index (χ0v) is 22.0. The third-order valence-corrected chi connectivity index (χ3v) is 9.84. The Bertz CT molecular complexity index is 441. The molecular weight excluding hydrogens is 376 g/mol. The van der Waals surface area contributed by atoms with Gasteiger partial charge in [-0.2, -0.15) is 0 Å². The largest absolute Gasteiger partial charge is 0.325 e. The second-order valence-corrected chi connectivity index (χ2v) is 11.9. The zero-order valence-electron chi connectivity index (χ0n) is 22.0. The van der Waals surface area contributed by atoms with Gasteiger partial charge in [0, 0.05) is 11.1 Å². The van der Waals surface area contributed by atoms with Crippen molar-refractivity contribution in [2.24, 2.45) is 22.3 Å². The summed E-state index contributed by atoms with van der Waals surface area (Å²) in [6, 6.07) is 0. The highest BCUT2D eigenvalue weighted by Crippen LogP contribution is 2.58. The van der Waals surface area contributed by atoms with Gasteiger partial charge >= 0.3 is 0 Å². The van der Waals surface area contributed by atoms with Crippen LogP contribution in [0.15, 0.2) is 0 Å². The average Bonchev–Trinajstić information content (AvgIpc) is 2.76. The first-order valence-electron chi connectivity index (χ1n) is 14.4.